The molecule has 1 aliphatic rings. The van der Waals surface area contributed by atoms with Gasteiger partial charge in [-0.3, -0.25) is 4.79 Å². The molecule has 0 unspecified atom stereocenters. The summed E-state index contributed by atoms with van der Waals surface area (Å²) in [5, 5.41) is 14.5. The van der Waals surface area contributed by atoms with Gasteiger partial charge in [0.25, 0.3) is 0 Å². The Bertz CT molecular complexity index is 541. The minimum Gasteiger partial charge on any atom is -0.481 e. The average Bonchev–Trinajstić information content (AvgIpc) is 2.31. The molecule has 108 valence electrons. The number of carbonyl (C=O) groups excluding carboxylic acids is 1. The van der Waals surface area contributed by atoms with Crippen molar-refractivity contribution in [2.75, 3.05) is 5.32 Å². The lowest BCUT2D eigenvalue weighted by molar-refractivity contribution is -0.139. The number of anilines is 1. The summed E-state index contributed by atoms with van der Waals surface area (Å²) in [5.41, 5.74) is 1.10. The highest BCUT2D eigenvalue weighted by molar-refractivity contribution is 9.10. The highest BCUT2D eigenvalue weighted by Gasteiger charge is 2.40. The Morgan fingerprint density at radius 2 is 2.10 bits per heavy atom. The van der Waals surface area contributed by atoms with Crippen molar-refractivity contribution in [3.8, 4) is 0 Å². The number of nitrogens with one attached hydrogen (secondary N) is 2. The van der Waals surface area contributed by atoms with Crippen LogP contribution in [0.2, 0.25) is 0 Å². The summed E-state index contributed by atoms with van der Waals surface area (Å²) in [5.74, 6) is -0.887. The molecule has 0 spiro atoms. The first-order valence-electron chi connectivity index (χ1n) is 6.48. The van der Waals surface area contributed by atoms with Crippen molar-refractivity contribution in [3.05, 3.63) is 28.2 Å². The summed E-state index contributed by atoms with van der Waals surface area (Å²) >= 11 is 3.42. The molecule has 0 heterocycles. The van der Waals surface area contributed by atoms with Crippen molar-refractivity contribution in [3.63, 3.8) is 0 Å². The van der Waals surface area contributed by atoms with E-state index in [2.05, 4.69) is 26.6 Å². The van der Waals surface area contributed by atoms with Gasteiger partial charge >= 0.3 is 12.0 Å². The van der Waals surface area contributed by atoms with Gasteiger partial charge in [-0.1, -0.05) is 12.1 Å². The third kappa shape index (κ3) is 3.30. The van der Waals surface area contributed by atoms with Crippen molar-refractivity contribution >= 4 is 33.6 Å². The monoisotopic (exact) mass is 340 g/mol. The van der Waals surface area contributed by atoms with Crippen LogP contribution in [0.5, 0.6) is 0 Å². The summed E-state index contributed by atoms with van der Waals surface area (Å²) < 4.78 is 0.830. The van der Waals surface area contributed by atoms with Crippen LogP contribution in [-0.4, -0.2) is 22.6 Å². The number of halogens is 1. The molecule has 2 amide bonds. The summed E-state index contributed by atoms with van der Waals surface area (Å²) in [7, 11) is 0. The minimum absolute atomic E-state index is 0.0323. The number of rotatable bonds is 4. The second-order valence-corrected chi connectivity index (χ2v) is 6.01. The Balaban J connectivity index is 2.02. The van der Waals surface area contributed by atoms with E-state index in [1.165, 1.54) is 0 Å². The second-order valence-electron chi connectivity index (χ2n) is 5.22. The van der Waals surface area contributed by atoms with Crippen LogP contribution in [0.1, 0.15) is 31.2 Å². The van der Waals surface area contributed by atoms with Crippen LogP contribution in [0.3, 0.4) is 0 Å². The van der Waals surface area contributed by atoms with Crippen LogP contribution >= 0.6 is 15.9 Å². The van der Waals surface area contributed by atoms with Gasteiger partial charge in [0, 0.05) is 4.47 Å². The van der Waals surface area contributed by atoms with Crippen LogP contribution in [0.4, 0.5) is 10.5 Å². The molecule has 0 radical (unpaired) electrons. The van der Waals surface area contributed by atoms with Crippen molar-refractivity contribution in [1.29, 1.82) is 0 Å². The molecule has 6 heteroatoms. The van der Waals surface area contributed by atoms with Crippen LogP contribution in [-0.2, 0) is 4.79 Å². The van der Waals surface area contributed by atoms with Gasteiger partial charge < -0.3 is 15.7 Å². The smallest absolute Gasteiger partial charge is 0.319 e. The number of hydrogen-bond acceptors (Lipinski definition) is 2. The first-order valence-corrected chi connectivity index (χ1v) is 7.27. The zero-order chi connectivity index (χ0) is 14.8. The van der Waals surface area contributed by atoms with Crippen LogP contribution in [0.25, 0.3) is 0 Å². The second kappa shape index (κ2) is 5.83. The zero-order valence-corrected chi connectivity index (χ0v) is 12.8. The molecule has 20 heavy (non-hydrogen) atoms. The van der Waals surface area contributed by atoms with Gasteiger partial charge in [0.05, 0.1) is 17.6 Å². The molecular weight excluding hydrogens is 324 g/mol. The van der Waals surface area contributed by atoms with Crippen molar-refractivity contribution in [2.24, 2.45) is 0 Å². The number of carboxylic acid groups (broad SMARTS) is 1. The van der Waals surface area contributed by atoms with Gasteiger partial charge in [0.15, 0.2) is 0 Å². The van der Waals surface area contributed by atoms with Gasteiger partial charge in [-0.25, -0.2) is 4.79 Å². The maximum absolute atomic E-state index is 12.0. The fraction of sp³-hybridized carbons (Fsp3) is 0.429. The average molecular weight is 341 g/mol. The predicted molar refractivity (Wildman–Crippen MR) is 79.9 cm³/mol. The quantitative estimate of drug-likeness (QED) is 0.786. The van der Waals surface area contributed by atoms with Gasteiger partial charge in [-0.2, -0.15) is 0 Å². The summed E-state index contributed by atoms with van der Waals surface area (Å²) in [6, 6.07) is 5.22. The summed E-state index contributed by atoms with van der Waals surface area (Å²) in [6.07, 6.45) is 2.33. The van der Waals surface area contributed by atoms with E-state index in [1.54, 1.807) is 6.07 Å². The van der Waals surface area contributed by atoms with E-state index in [-0.39, 0.29) is 12.5 Å². The van der Waals surface area contributed by atoms with Crippen molar-refractivity contribution < 1.29 is 14.7 Å². The normalized spacial score (nSPS) is 16.1. The van der Waals surface area contributed by atoms with Crippen molar-refractivity contribution in [2.45, 2.75) is 38.1 Å². The summed E-state index contributed by atoms with van der Waals surface area (Å²) in [4.78, 5) is 22.9. The Labute approximate surface area is 125 Å². The predicted octanol–water partition coefficient (Wildman–Crippen LogP) is 3.28. The standard InChI is InChI=1S/C14H17BrN2O3/c1-9-4-2-5-10(12(9)15)16-13(20)17-14(6-3-7-14)8-11(18)19/h2,4-5H,3,6-8H2,1H3,(H,18,19)(H2,16,17,20). The Kier molecular flexibility index (Phi) is 4.32. The zero-order valence-electron chi connectivity index (χ0n) is 11.2. The molecule has 1 aromatic carbocycles. The first-order chi connectivity index (χ1) is 9.42. The lowest BCUT2D eigenvalue weighted by atomic mass is 9.74. The molecule has 0 saturated heterocycles. The van der Waals surface area contributed by atoms with Crippen molar-refractivity contribution in [1.82, 2.24) is 5.32 Å². The van der Waals surface area contributed by atoms with Gasteiger partial charge in [0.1, 0.15) is 0 Å². The number of carbonyl (C=O) groups is 2. The van der Waals surface area contributed by atoms with Gasteiger partial charge in [-0.15, -0.1) is 0 Å². The van der Waals surface area contributed by atoms with E-state index < -0.39 is 11.5 Å². The molecule has 1 aliphatic carbocycles. The number of aryl methyl sites for hydroxylation is 1. The first kappa shape index (κ1) is 14.8. The molecular formula is C14H17BrN2O3. The molecule has 2 rings (SSSR count). The Morgan fingerprint density at radius 3 is 2.65 bits per heavy atom. The molecule has 5 nitrogen and oxygen atoms in total. The number of carboxylic acids is 1. The van der Waals surface area contributed by atoms with Gasteiger partial charge in [0.2, 0.25) is 0 Å². The highest BCUT2D eigenvalue weighted by Crippen LogP contribution is 2.35. The minimum atomic E-state index is -0.887. The highest BCUT2D eigenvalue weighted by atomic mass is 79.9. The number of amides is 2. The van der Waals surface area contributed by atoms with E-state index in [4.69, 9.17) is 5.11 Å². The van der Waals surface area contributed by atoms with E-state index in [1.807, 2.05) is 19.1 Å². The number of hydrogen-bond donors (Lipinski definition) is 3. The van der Waals surface area contributed by atoms with E-state index in [0.29, 0.717) is 18.5 Å². The maximum Gasteiger partial charge on any atom is 0.319 e. The molecule has 0 aromatic heterocycles. The van der Waals surface area contributed by atoms with E-state index >= 15 is 0 Å². The van der Waals surface area contributed by atoms with Crippen LogP contribution in [0, 0.1) is 6.92 Å². The Hall–Kier alpha value is -1.56. The lowest BCUT2D eigenvalue weighted by Gasteiger charge is -2.41. The van der Waals surface area contributed by atoms with Gasteiger partial charge in [-0.05, 0) is 53.7 Å². The van der Waals surface area contributed by atoms with E-state index in [0.717, 1.165) is 16.5 Å². The molecule has 1 fully saturated rings. The molecule has 0 bridgehead atoms. The topological polar surface area (TPSA) is 78.4 Å². The SMILES string of the molecule is Cc1cccc(NC(=O)NC2(CC(=O)O)CCC2)c1Br. The molecule has 3 N–H and O–H groups in total. The summed E-state index contributed by atoms with van der Waals surface area (Å²) in [6.45, 7) is 1.94. The Morgan fingerprint density at radius 1 is 1.40 bits per heavy atom. The van der Waals surface area contributed by atoms with Crippen LogP contribution in [0.15, 0.2) is 22.7 Å². The molecule has 1 saturated carbocycles. The third-order valence-corrected chi connectivity index (χ3v) is 4.67. The fourth-order valence-electron chi connectivity index (χ4n) is 2.38. The third-order valence-electron chi connectivity index (χ3n) is 3.62. The molecule has 0 atom stereocenters. The van der Waals surface area contributed by atoms with Crippen LogP contribution < -0.4 is 10.6 Å². The largest absolute Gasteiger partial charge is 0.481 e. The number of aliphatic carboxylic acids is 1. The van der Waals surface area contributed by atoms with E-state index in [9.17, 15) is 9.59 Å². The molecule has 0 aliphatic heterocycles. The lowest BCUT2D eigenvalue weighted by Crippen LogP contribution is -2.55. The molecule has 1 aromatic rings. The number of urea groups is 1. The fourth-order valence-corrected chi connectivity index (χ4v) is 2.74. The number of benzene rings is 1. The maximum atomic E-state index is 12.0.